The number of halogens is 1. The molecule has 0 spiro atoms. The Labute approximate surface area is 116 Å². The van der Waals surface area contributed by atoms with Crippen molar-refractivity contribution >= 4 is 29.3 Å². The Morgan fingerprint density at radius 3 is 2.89 bits per heavy atom. The molecule has 2 heterocycles. The van der Waals surface area contributed by atoms with E-state index in [0.29, 0.717) is 30.1 Å². The fourth-order valence-electron chi connectivity index (χ4n) is 1.66. The van der Waals surface area contributed by atoms with Gasteiger partial charge in [-0.05, 0) is 0 Å². The number of anilines is 2. The topological polar surface area (TPSA) is 79.4 Å². The van der Waals surface area contributed by atoms with Crippen molar-refractivity contribution in [3.05, 3.63) is 11.2 Å². The summed E-state index contributed by atoms with van der Waals surface area (Å²) < 4.78 is 5.28. The number of likely N-dealkylation sites (N-methyl/N-ethyl adjacent to an activating group) is 1. The standard InChI is InChI=1S/C11H16ClN5O2/c1-13-10(18)7-14-9-6-8(12)15-11(16-9)17-2-4-19-5-3-17/h6H,2-5,7H2,1H3,(H,13,18)(H,14,15,16). The Kier molecular flexibility index (Phi) is 4.75. The predicted octanol–water partition coefficient (Wildman–Crippen LogP) is 0.124. The molecule has 1 fully saturated rings. The molecular formula is C11H16ClN5O2. The average Bonchev–Trinajstić information content (AvgIpc) is 2.45. The fourth-order valence-corrected chi connectivity index (χ4v) is 1.84. The number of hydrogen-bond donors (Lipinski definition) is 2. The zero-order valence-electron chi connectivity index (χ0n) is 10.6. The third-order valence-corrected chi connectivity index (χ3v) is 2.88. The number of carbonyl (C=O) groups is 1. The first-order chi connectivity index (χ1) is 9.19. The van der Waals surface area contributed by atoms with Crippen LogP contribution in [0.15, 0.2) is 6.07 Å². The van der Waals surface area contributed by atoms with Crippen LogP contribution in [0.1, 0.15) is 0 Å². The molecule has 1 aromatic heterocycles. The van der Waals surface area contributed by atoms with Gasteiger partial charge in [-0.3, -0.25) is 4.79 Å². The van der Waals surface area contributed by atoms with Crippen LogP contribution in [0.3, 0.4) is 0 Å². The zero-order chi connectivity index (χ0) is 13.7. The Morgan fingerprint density at radius 1 is 1.47 bits per heavy atom. The smallest absolute Gasteiger partial charge is 0.239 e. The molecule has 1 amide bonds. The molecule has 104 valence electrons. The van der Waals surface area contributed by atoms with Crippen LogP contribution in [0, 0.1) is 0 Å². The van der Waals surface area contributed by atoms with Gasteiger partial charge in [-0.15, -0.1) is 0 Å². The van der Waals surface area contributed by atoms with Crippen molar-refractivity contribution in [1.29, 1.82) is 0 Å². The van der Waals surface area contributed by atoms with Crippen molar-refractivity contribution in [2.24, 2.45) is 0 Å². The molecule has 0 bridgehead atoms. The van der Waals surface area contributed by atoms with Crippen LogP contribution in [0.4, 0.5) is 11.8 Å². The van der Waals surface area contributed by atoms with Crippen molar-refractivity contribution in [2.75, 3.05) is 50.1 Å². The highest BCUT2D eigenvalue weighted by Gasteiger charge is 2.15. The van der Waals surface area contributed by atoms with Gasteiger partial charge in [0.1, 0.15) is 11.0 Å². The number of hydrogen-bond acceptors (Lipinski definition) is 6. The molecule has 7 nitrogen and oxygen atoms in total. The van der Waals surface area contributed by atoms with E-state index in [2.05, 4.69) is 20.6 Å². The van der Waals surface area contributed by atoms with Gasteiger partial charge < -0.3 is 20.3 Å². The van der Waals surface area contributed by atoms with E-state index in [1.165, 1.54) is 0 Å². The zero-order valence-corrected chi connectivity index (χ0v) is 11.4. The van der Waals surface area contributed by atoms with Gasteiger partial charge in [0.2, 0.25) is 11.9 Å². The highest BCUT2D eigenvalue weighted by Crippen LogP contribution is 2.18. The number of rotatable bonds is 4. The van der Waals surface area contributed by atoms with E-state index in [1.807, 2.05) is 4.90 Å². The molecule has 1 aliphatic rings. The van der Waals surface area contributed by atoms with E-state index < -0.39 is 0 Å². The Morgan fingerprint density at radius 2 is 2.21 bits per heavy atom. The van der Waals surface area contributed by atoms with Crippen molar-refractivity contribution in [1.82, 2.24) is 15.3 Å². The number of carbonyl (C=O) groups excluding carboxylic acids is 1. The lowest BCUT2D eigenvalue weighted by atomic mass is 10.4. The molecule has 8 heteroatoms. The number of aromatic nitrogens is 2. The number of nitrogens with zero attached hydrogens (tertiary/aromatic N) is 3. The van der Waals surface area contributed by atoms with E-state index in [-0.39, 0.29) is 12.5 Å². The van der Waals surface area contributed by atoms with Crippen molar-refractivity contribution in [3.8, 4) is 0 Å². The van der Waals surface area contributed by atoms with Gasteiger partial charge in [-0.1, -0.05) is 11.6 Å². The quantitative estimate of drug-likeness (QED) is 0.765. The molecule has 0 atom stereocenters. The second-order valence-electron chi connectivity index (χ2n) is 4.00. The molecule has 1 aromatic rings. The minimum atomic E-state index is -0.123. The van der Waals surface area contributed by atoms with Crippen molar-refractivity contribution in [2.45, 2.75) is 0 Å². The Hall–Kier alpha value is -1.60. The third kappa shape index (κ3) is 3.93. The normalized spacial score (nSPS) is 15.2. The van der Waals surface area contributed by atoms with Crippen molar-refractivity contribution in [3.63, 3.8) is 0 Å². The molecular weight excluding hydrogens is 270 g/mol. The number of ether oxygens (including phenoxy) is 1. The molecule has 1 saturated heterocycles. The number of morpholine rings is 1. The van der Waals surface area contributed by atoms with Gasteiger partial charge in [0, 0.05) is 26.2 Å². The maximum atomic E-state index is 11.2. The molecule has 0 unspecified atom stereocenters. The van der Waals surface area contributed by atoms with Crippen LogP contribution >= 0.6 is 11.6 Å². The highest BCUT2D eigenvalue weighted by atomic mass is 35.5. The molecule has 1 aliphatic heterocycles. The first-order valence-corrected chi connectivity index (χ1v) is 6.38. The summed E-state index contributed by atoms with van der Waals surface area (Å²) in [7, 11) is 1.58. The number of nitrogens with one attached hydrogen (secondary N) is 2. The largest absolute Gasteiger partial charge is 0.378 e. The first-order valence-electron chi connectivity index (χ1n) is 6.01. The van der Waals surface area contributed by atoms with Crippen LogP contribution in [0.2, 0.25) is 5.15 Å². The second-order valence-corrected chi connectivity index (χ2v) is 4.39. The maximum Gasteiger partial charge on any atom is 0.239 e. The summed E-state index contributed by atoms with van der Waals surface area (Å²) in [5.41, 5.74) is 0. The highest BCUT2D eigenvalue weighted by molar-refractivity contribution is 6.29. The van der Waals surface area contributed by atoms with E-state index >= 15 is 0 Å². The maximum absolute atomic E-state index is 11.2. The number of amides is 1. The van der Waals surface area contributed by atoms with E-state index in [4.69, 9.17) is 16.3 Å². The van der Waals surface area contributed by atoms with Gasteiger partial charge >= 0.3 is 0 Å². The second kappa shape index (κ2) is 6.53. The lowest BCUT2D eigenvalue weighted by molar-refractivity contribution is -0.118. The molecule has 0 radical (unpaired) electrons. The van der Waals surface area contributed by atoms with Crippen LogP contribution in [-0.2, 0) is 9.53 Å². The van der Waals surface area contributed by atoms with Crippen LogP contribution in [0.25, 0.3) is 0 Å². The van der Waals surface area contributed by atoms with E-state index in [1.54, 1.807) is 13.1 Å². The Bertz CT molecular complexity index is 451. The molecule has 0 aromatic carbocycles. The van der Waals surface area contributed by atoms with Gasteiger partial charge in [-0.25, -0.2) is 4.98 Å². The molecule has 0 aliphatic carbocycles. The summed E-state index contributed by atoms with van der Waals surface area (Å²) in [5.74, 6) is 0.961. The molecule has 2 N–H and O–H groups in total. The average molecular weight is 286 g/mol. The minimum Gasteiger partial charge on any atom is -0.378 e. The minimum absolute atomic E-state index is 0.123. The Balaban J connectivity index is 2.07. The summed E-state index contributed by atoms with van der Waals surface area (Å²) in [4.78, 5) is 21.7. The molecule has 19 heavy (non-hydrogen) atoms. The molecule has 2 rings (SSSR count). The first kappa shape index (κ1) is 13.8. The summed E-state index contributed by atoms with van der Waals surface area (Å²) in [6, 6.07) is 1.59. The van der Waals surface area contributed by atoms with E-state index in [9.17, 15) is 4.79 Å². The van der Waals surface area contributed by atoms with E-state index in [0.717, 1.165) is 13.1 Å². The fraction of sp³-hybridized carbons (Fsp3) is 0.545. The summed E-state index contributed by atoms with van der Waals surface area (Å²) in [6.07, 6.45) is 0. The summed E-state index contributed by atoms with van der Waals surface area (Å²) in [6.45, 7) is 2.91. The summed E-state index contributed by atoms with van der Waals surface area (Å²) >= 11 is 5.97. The van der Waals surface area contributed by atoms with Crippen LogP contribution in [0.5, 0.6) is 0 Å². The van der Waals surface area contributed by atoms with Crippen molar-refractivity contribution < 1.29 is 9.53 Å². The third-order valence-electron chi connectivity index (χ3n) is 2.69. The van der Waals surface area contributed by atoms with Gasteiger partial charge in [0.05, 0.1) is 19.8 Å². The van der Waals surface area contributed by atoms with Gasteiger partial charge in [0.15, 0.2) is 0 Å². The van der Waals surface area contributed by atoms with Gasteiger partial charge in [0.25, 0.3) is 0 Å². The predicted molar refractivity (Wildman–Crippen MR) is 72.6 cm³/mol. The van der Waals surface area contributed by atoms with Crippen LogP contribution in [-0.4, -0.2) is 55.8 Å². The van der Waals surface area contributed by atoms with Gasteiger partial charge in [-0.2, -0.15) is 4.98 Å². The van der Waals surface area contributed by atoms with Crippen LogP contribution < -0.4 is 15.5 Å². The lowest BCUT2D eigenvalue weighted by Crippen LogP contribution is -2.37. The monoisotopic (exact) mass is 285 g/mol. The SMILES string of the molecule is CNC(=O)CNc1cc(Cl)nc(N2CCOCC2)n1. The summed E-state index contributed by atoms with van der Waals surface area (Å²) in [5, 5.41) is 5.78. The lowest BCUT2D eigenvalue weighted by Gasteiger charge is -2.27. The molecule has 0 saturated carbocycles.